The van der Waals surface area contributed by atoms with Crippen LogP contribution in [0.5, 0.6) is 0 Å². The van der Waals surface area contributed by atoms with E-state index in [2.05, 4.69) is 5.81 Å². The standard InChI is InChI=1S/C7H18N4P/c1-9(2)12(7-8,10(3)4)11(5)6/h1-6H3/q+1. The quantitative estimate of drug-likeness (QED) is 0.618. The van der Waals surface area contributed by atoms with Crippen molar-refractivity contribution in [2.45, 2.75) is 0 Å². The fourth-order valence-electron chi connectivity index (χ4n) is 1.34. The normalized spacial score (nSPS) is 12.7. The van der Waals surface area contributed by atoms with Gasteiger partial charge in [-0.25, -0.2) is 0 Å². The number of hydrogen-bond acceptors (Lipinski definition) is 4. The molecule has 0 saturated carbocycles. The Bertz CT molecular complexity index is 161. The zero-order valence-electron chi connectivity index (χ0n) is 8.74. The number of nitrogens with zero attached hydrogens (tertiary/aromatic N) is 4. The summed E-state index contributed by atoms with van der Waals surface area (Å²) in [5, 5.41) is 9.16. The molecule has 0 heterocycles. The molecule has 0 spiro atoms. The van der Waals surface area contributed by atoms with Crippen LogP contribution in [0.3, 0.4) is 0 Å². The first-order valence-corrected chi connectivity index (χ1v) is 5.38. The lowest BCUT2D eigenvalue weighted by atomic mass is 11.2. The number of hydrogen-bond donors (Lipinski definition) is 0. The number of rotatable bonds is 3. The molecule has 0 aliphatic rings. The predicted octanol–water partition coefficient (Wildman–Crippen LogP) is 0.915. The molecule has 0 N–H and O–H groups in total. The minimum atomic E-state index is -1.89. The molecule has 4 nitrogen and oxygen atoms in total. The van der Waals surface area contributed by atoms with Crippen LogP contribution in [0.4, 0.5) is 0 Å². The molecule has 0 bridgehead atoms. The molecule has 0 fully saturated rings. The highest BCUT2D eigenvalue weighted by Gasteiger charge is 2.49. The summed E-state index contributed by atoms with van der Waals surface area (Å²) >= 11 is 0. The molecule has 0 aliphatic heterocycles. The maximum Gasteiger partial charge on any atom is 0.336 e. The SMILES string of the molecule is CN(C)[P+](C#N)(N(C)C)N(C)C. The molecule has 0 aromatic heterocycles. The third-order valence-electron chi connectivity index (χ3n) is 1.81. The van der Waals surface area contributed by atoms with Crippen LogP contribution >= 0.6 is 7.71 Å². The van der Waals surface area contributed by atoms with Gasteiger partial charge in [-0.1, -0.05) is 0 Å². The lowest BCUT2D eigenvalue weighted by Gasteiger charge is -2.32. The van der Waals surface area contributed by atoms with Crippen molar-refractivity contribution in [2.24, 2.45) is 0 Å². The van der Waals surface area contributed by atoms with Crippen molar-refractivity contribution >= 4 is 7.71 Å². The van der Waals surface area contributed by atoms with Gasteiger partial charge in [-0.15, -0.1) is 19.3 Å². The van der Waals surface area contributed by atoms with Crippen molar-refractivity contribution in [1.29, 1.82) is 5.26 Å². The van der Waals surface area contributed by atoms with Crippen LogP contribution < -0.4 is 0 Å². The van der Waals surface area contributed by atoms with Crippen molar-refractivity contribution in [3.05, 3.63) is 0 Å². The van der Waals surface area contributed by atoms with Gasteiger partial charge in [0.1, 0.15) is 0 Å². The highest BCUT2D eigenvalue weighted by molar-refractivity contribution is 7.73. The highest BCUT2D eigenvalue weighted by atomic mass is 31.2. The van der Waals surface area contributed by atoms with E-state index in [4.69, 9.17) is 5.26 Å². The first-order chi connectivity index (χ1) is 5.39. The Kier molecular flexibility index (Phi) is 4.09. The van der Waals surface area contributed by atoms with E-state index in [1.807, 2.05) is 56.3 Å². The first kappa shape index (κ1) is 11.8. The molecule has 0 amide bonds. The van der Waals surface area contributed by atoms with Gasteiger partial charge in [0.25, 0.3) is 5.81 Å². The largest absolute Gasteiger partial charge is 0.336 e. The van der Waals surface area contributed by atoms with Crippen LogP contribution in [-0.4, -0.2) is 56.3 Å². The van der Waals surface area contributed by atoms with E-state index in [0.717, 1.165) is 0 Å². The second-order valence-electron chi connectivity index (χ2n) is 3.21. The topological polar surface area (TPSA) is 33.5 Å². The van der Waals surface area contributed by atoms with Crippen molar-refractivity contribution in [1.82, 2.24) is 14.0 Å². The Labute approximate surface area is 75.9 Å². The summed E-state index contributed by atoms with van der Waals surface area (Å²) in [6, 6.07) is 0. The molecule has 5 heteroatoms. The Balaban J connectivity index is 4.94. The van der Waals surface area contributed by atoms with Gasteiger partial charge in [-0.05, 0) is 0 Å². The summed E-state index contributed by atoms with van der Waals surface area (Å²) in [7, 11) is 9.76. The molecule has 12 heavy (non-hydrogen) atoms. The average Bonchev–Trinajstić information content (AvgIpc) is 1.86. The minimum Gasteiger partial charge on any atom is -0.146 e. The fraction of sp³-hybridized carbons (Fsp3) is 0.857. The summed E-state index contributed by atoms with van der Waals surface area (Å²) in [6.07, 6.45) is 0. The van der Waals surface area contributed by atoms with Crippen LogP contribution in [-0.2, 0) is 0 Å². The van der Waals surface area contributed by atoms with Gasteiger partial charge >= 0.3 is 7.71 Å². The van der Waals surface area contributed by atoms with E-state index >= 15 is 0 Å². The Morgan fingerprint density at radius 3 is 1.08 bits per heavy atom. The van der Waals surface area contributed by atoms with Crippen LogP contribution in [0.15, 0.2) is 0 Å². The van der Waals surface area contributed by atoms with E-state index < -0.39 is 7.71 Å². The van der Waals surface area contributed by atoms with Gasteiger partial charge in [0, 0.05) is 42.3 Å². The van der Waals surface area contributed by atoms with Gasteiger partial charge in [0.2, 0.25) is 0 Å². The van der Waals surface area contributed by atoms with Crippen LogP contribution in [0.1, 0.15) is 0 Å². The molecule has 0 aromatic carbocycles. The highest BCUT2D eigenvalue weighted by Crippen LogP contribution is 2.62. The monoisotopic (exact) mass is 189 g/mol. The molecule has 70 valence electrons. The lowest BCUT2D eigenvalue weighted by molar-refractivity contribution is 0.473. The van der Waals surface area contributed by atoms with Crippen LogP contribution in [0.25, 0.3) is 0 Å². The van der Waals surface area contributed by atoms with E-state index in [9.17, 15) is 0 Å². The zero-order valence-corrected chi connectivity index (χ0v) is 9.63. The second kappa shape index (κ2) is 4.15. The molecule has 0 radical (unpaired) electrons. The Morgan fingerprint density at radius 2 is 1.08 bits per heavy atom. The summed E-state index contributed by atoms with van der Waals surface area (Å²) in [5.41, 5.74) is 0. The van der Waals surface area contributed by atoms with Crippen molar-refractivity contribution in [2.75, 3.05) is 42.3 Å². The van der Waals surface area contributed by atoms with Crippen LogP contribution in [0.2, 0.25) is 0 Å². The lowest BCUT2D eigenvalue weighted by Crippen LogP contribution is -2.34. The Morgan fingerprint density at radius 1 is 0.833 bits per heavy atom. The van der Waals surface area contributed by atoms with E-state index in [0.29, 0.717) is 0 Å². The maximum atomic E-state index is 9.16. The molecular weight excluding hydrogens is 171 g/mol. The van der Waals surface area contributed by atoms with E-state index in [1.54, 1.807) is 0 Å². The third-order valence-corrected chi connectivity index (χ3v) is 5.42. The number of nitriles is 1. The van der Waals surface area contributed by atoms with Gasteiger partial charge < -0.3 is 0 Å². The van der Waals surface area contributed by atoms with Crippen molar-refractivity contribution in [3.8, 4) is 5.81 Å². The molecule has 0 atom stereocenters. The summed E-state index contributed by atoms with van der Waals surface area (Å²) in [6.45, 7) is 0. The molecule has 0 unspecified atom stereocenters. The fourth-order valence-corrected chi connectivity index (χ4v) is 4.02. The van der Waals surface area contributed by atoms with Gasteiger partial charge in [0.15, 0.2) is 0 Å². The molecule has 0 aromatic rings. The molecular formula is C7H18N4P+. The Hall–Kier alpha value is -0.200. The van der Waals surface area contributed by atoms with Gasteiger partial charge in [-0.2, -0.15) is 0 Å². The second-order valence-corrected chi connectivity index (χ2v) is 6.95. The molecule has 0 saturated heterocycles. The molecule has 0 aliphatic carbocycles. The third kappa shape index (κ3) is 1.75. The summed E-state index contributed by atoms with van der Waals surface area (Å²) < 4.78 is 5.98. The smallest absolute Gasteiger partial charge is 0.146 e. The van der Waals surface area contributed by atoms with Crippen molar-refractivity contribution < 1.29 is 0 Å². The maximum absolute atomic E-state index is 9.16. The zero-order chi connectivity index (χ0) is 9.94. The van der Waals surface area contributed by atoms with Crippen LogP contribution in [0, 0.1) is 11.1 Å². The average molecular weight is 189 g/mol. The summed E-state index contributed by atoms with van der Waals surface area (Å²) in [5.74, 6) is 2.40. The summed E-state index contributed by atoms with van der Waals surface area (Å²) in [4.78, 5) is 0. The van der Waals surface area contributed by atoms with E-state index in [1.165, 1.54) is 0 Å². The van der Waals surface area contributed by atoms with Gasteiger partial charge in [0.05, 0.1) is 0 Å². The van der Waals surface area contributed by atoms with Gasteiger partial charge in [-0.3, -0.25) is 0 Å². The predicted molar refractivity (Wildman–Crippen MR) is 53.6 cm³/mol. The molecule has 0 rings (SSSR count). The van der Waals surface area contributed by atoms with Crippen molar-refractivity contribution in [3.63, 3.8) is 0 Å². The first-order valence-electron chi connectivity index (χ1n) is 3.73. The van der Waals surface area contributed by atoms with E-state index in [-0.39, 0.29) is 0 Å². The minimum absolute atomic E-state index is 1.89.